The molecule has 0 aromatic heterocycles. The minimum Gasteiger partial charge on any atom is -0.324 e. The van der Waals surface area contributed by atoms with Crippen molar-refractivity contribution in [1.82, 2.24) is 4.72 Å². The van der Waals surface area contributed by atoms with Gasteiger partial charge >= 0.3 is 0 Å². The van der Waals surface area contributed by atoms with Crippen molar-refractivity contribution in [3.05, 3.63) is 34.4 Å². The van der Waals surface area contributed by atoms with Crippen molar-refractivity contribution in [1.29, 1.82) is 0 Å². The fraction of sp³-hybridized carbons (Fsp3) is 0.538. The molecule has 9 heteroatoms. The number of hydrogen-bond donors (Lipinski definition) is 2. The molecular weight excluding hydrogens is 330 g/mol. The van der Waals surface area contributed by atoms with Crippen molar-refractivity contribution in [2.75, 3.05) is 6.54 Å². The van der Waals surface area contributed by atoms with Crippen LogP contribution in [0.3, 0.4) is 0 Å². The van der Waals surface area contributed by atoms with Gasteiger partial charge in [-0.05, 0) is 18.9 Å². The maximum Gasteiger partial charge on any atom is 0.270 e. The van der Waals surface area contributed by atoms with E-state index in [1.54, 1.807) is 0 Å². The highest BCUT2D eigenvalue weighted by Gasteiger charge is 2.29. The van der Waals surface area contributed by atoms with E-state index in [0.29, 0.717) is 0 Å². The van der Waals surface area contributed by atoms with Crippen LogP contribution in [0.25, 0.3) is 0 Å². The van der Waals surface area contributed by atoms with Gasteiger partial charge in [-0.25, -0.2) is 13.1 Å². The predicted molar refractivity (Wildman–Crippen MR) is 85.5 cm³/mol. The normalized spacial score (nSPS) is 17.5. The lowest BCUT2D eigenvalue weighted by Crippen LogP contribution is -2.51. The molecule has 0 spiro atoms. The molecular formula is C13H20ClN3O4S. The van der Waals surface area contributed by atoms with Crippen LogP contribution in [0.2, 0.25) is 0 Å². The van der Waals surface area contributed by atoms with Gasteiger partial charge in [-0.2, -0.15) is 0 Å². The first-order valence-corrected chi connectivity index (χ1v) is 8.34. The zero-order valence-corrected chi connectivity index (χ0v) is 13.7. The van der Waals surface area contributed by atoms with Crippen molar-refractivity contribution in [3.63, 3.8) is 0 Å². The number of sulfonamides is 1. The second-order valence-corrected chi connectivity index (χ2v) is 7.27. The van der Waals surface area contributed by atoms with Crippen LogP contribution in [0, 0.1) is 10.1 Å². The van der Waals surface area contributed by atoms with Gasteiger partial charge in [0.15, 0.2) is 0 Å². The molecule has 1 aromatic carbocycles. The molecule has 0 radical (unpaired) electrons. The van der Waals surface area contributed by atoms with E-state index >= 15 is 0 Å². The summed E-state index contributed by atoms with van der Waals surface area (Å²) in [6, 6.07) is 4.99. The number of hydrogen-bond acceptors (Lipinski definition) is 5. The van der Waals surface area contributed by atoms with E-state index < -0.39 is 20.5 Å². The lowest BCUT2D eigenvalue weighted by Gasteiger charge is -2.33. The number of non-ortho nitro benzene ring substituents is 1. The SMILES string of the molecule is Cl.NC1(CNS(=O)(=O)c2cccc([N+](=O)[O-])c2)CCCCC1. The lowest BCUT2D eigenvalue weighted by atomic mass is 9.83. The van der Waals surface area contributed by atoms with Gasteiger partial charge < -0.3 is 5.73 Å². The number of benzene rings is 1. The van der Waals surface area contributed by atoms with Crippen molar-refractivity contribution < 1.29 is 13.3 Å². The maximum absolute atomic E-state index is 12.2. The Bertz CT molecular complexity index is 630. The molecule has 0 saturated heterocycles. The molecule has 0 atom stereocenters. The standard InChI is InChI=1S/C13H19N3O4S.ClH/c14-13(7-2-1-3-8-13)10-15-21(19,20)12-6-4-5-11(9-12)16(17)18;/h4-6,9,15H,1-3,7-8,10,14H2;1H. The summed E-state index contributed by atoms with van der Waals surface area (Å²) < 4.78 is 26.9. The summed E-state index contributed by atoms with van der Waals surface area (Å²) in [5.74, 6) is 0. The largest absolute Gasteiger partial charge is 0.324 e. The van der Waals surface area contributed by atoms with E-state index in [2.05, 4.69) is 4.72 Å². The molecule has 1 aliphatic rings. The first-order chi connectivity index (χ1) is 9.82. The first-order valence-electron chi connectivity index (χ1n) is 6.85. The number of nitro groups is 1. The minimum absolute atomic E-state index is 0. The quantitative estimate of drug-likeness (QED) is 0.622. The van der Waals surface area contributed by atoms with Crippen LogP contribution in [0.4, 0.5) is 5.69 Å². The average Bonchev–Trinajstić information content (AvgIpc) is 2.46. The van der Waals surface area contributed by atoms with E-state index in [0.717, 1.165) is 38.2 Å². The molecule has 2 rings (SSSR count). The third-order valence-electron chi connectivity index (χ3n) is 3.80. The van der Waals surface area contributed by atoms with E-state index in [4.69, 9.17) is 5.73 Å². The molecule has 1 aromatic rings. The Morgan fingerprint density at radius 3 is 2.50 bits per heavy atom. The van der Waals surface area contributed by atoms with E-state index in [9.17, 15) is 18.5 Å². The highest BCUT2D eigenvalue weighted by atomic mass is 35.5. The van der Waals surface area contributed by atoms with E-state index in [-0.39, 0.29) is 29.5 Å². The summed E-state index contributed by atoms with van der Waals surface area (Å²) in [6.45, 7) is 0.151. The Hall–Kier alpha value is -1.22. The molecule has 0 heterocycles. The molecule has 124 valence electrons. The molecule has 0 bridgehead atoms. The van der Waals surface area contributed by atoms with Gasteiger partial charge in [-0.3, -0.25) is 10.1 Å². The third-order valence-corrected chi connectivity index (χ3v) is 5.20. The minimum atomic E-state index is -3.79. The number of nitro benzene ring substituents is 1. The molecule has 0 amide bonds. The smallest absolute Gasteiger partial charge is 0.270 e. The Morgan fingerprint density at radius 1 is 1.27 bits per heavy atom. The Labute approximate surface area is 135 Å². The number of halogens is 1. The van der Waals surface area contributed by atoms with E-state index in [1.807, 2.05) is 0 Å². The van der Waals surface area contributed by atoms with Crippen LogP contribution in [-0.4, -0.2) is 25.4 Å². The van der Waals surface area contributed by atoms with Crippen molar-refractivity contribution in [2.45, 2.75) is 42.5 Å². The van der Waals surface area contributed by atoms with E-state index in [1.165, 1.54) is 18.2 Å². The van der Waals surface area contributed by atoms with Crippen LogP contribution in [0.15, 0.2) is 29.2 Å². The van der Waals surface area contributed by atoms with Gasteiger partial charge in [-0.1, -0.05) is 25.3 Å². The Morgan fingerprint density at radius 2 is 1.91 bits per heavy atom. The average molecular weight is 350 g/mol. The number of nitrogens with zero attached hydrogens (tertiary/aromatic N) is 1. The second-order valence-electron chi connectivity index (χ2n) is 5.50. The van der Waals surface area contributed by atoms with Crippen LogP contribution in [0.5, 0.6) is 0 Å². The molecule has 7 nitrogen and oxygen atoms in total. The monoisotopic (exact) mass is 349 g/mol. The van der Waals surface area contributed by atoms with Gasteiger partial charge in [0, 0.05) is 24.2 Å². The molecule has 1 aliphatic carbocycles. The summed E-state index contributed by atoms with van der Waals surface area (Å²) >= 11 is 0. The summed E-state index contributed by atoms with van der Waals surface area (Å²) in [7, 11) is -3.79. The lowest BCUT2D eigenvalue weighted by molar-refractivity contribution is -0.385. The molecule has 1 fully saturated rings. The highest BCUT2D eigenvalue weighted by molar-refractivity contribution is 7.89. The molecule has 22 heavy (non-hydrogen) atoms. The Kier molecular flexibility index (Phi) is 6.30. The molecule has 0 aliphatic heterocycles. The summed E-state index contributed by atoms with van der Waals surface area (Å²) in [5.41, 5.74) is 5.41. The van der Waals surface area contributed by atoms with Gasteiger partial charge in [0.1, 0.15) is 0 Å². The predicted octanol–water partition coefficient (Wildman–Crippen LogP) is 1.96. The zero-order valence-electron chi connectivity index (χ0n) is 12.0. The van der Waals surface area contributed by atoms with Crippen molar-refractivity contribution >= 4 is 28.1 Å². The summed E-state index contributed by atoms with van der Waals surface area (Å²) in [5, 5.41) is 10.7. The van der Waals surface area contributed by atoms with Gasteiger partial charge in [0.25, 0.3) is 5.69 Å². The molecule has 1 saturated carbocycles. The van der Waals surface area contributed by atoms with Crippen LogP contribution in [0.1, 0.15) is 32.1 Å². The third kappa shape index (κ3) is 4.64. The molecule has 0 unspecified atom stereocenters. The zero-order chi connectivity index (χ0) is 15.5. The van der Waals surface area contributed by atoms with Crippen molar-refractivity contribution in [3.8, 4) is 0 Å². The number of nitrogens with two attached hydrogens (primary N) is 1. The van der Waals surface area contributed by atoms with Crippen LogP contribution >= 0.6 is 12.4 Å². The topological polar surface area (TPSA) is 115 Å². The fourth-order valence-corrected chi connectivity index (χ4v) is 3.70. The Balaban J connectivity index is 0.00000242. The van der Waals surface area contributed by atoms with Gasteiger partial charge in [-0.15, -0.1) is 12.4 Å². The van der Waals surface area contributed by atoms with Gasteiger partial charge in [0.2, 0.25) is 10.0 Å². The van der Waals surface area contributed by atoms with Crippen molar-refractivity contribution in [2.24, 2.45) is 5.73 Å². The maximum atomic E-state index is 12.2. The number of rotatable bonds is 5. The second kappa shape index (κ2) is 7.36. The van der Waals surface area contributed by atoms with Crippen LogP contribution < -0.4 is 10.5 Å². The summed E-state index contributed by atoms with van der Waals surface area (Å²) in [4.78, 5) is 9.97. The molecule has 3 N–H and O–H groups in total. The highest BCUT2D eigenvalue weighted by Crippen LogP contribution is 2.26. The fourth-order valence-electron chi connectivity index (χ4n) is 2.52. The van der Waals surface area contributed by atoms with Crippen LogP contribution in [-0.2, 0) is 10.0 Å². The van der Waals surface area contributed by atoms with Gasteiger partial charge in [0.05, 0.1) is 9.82 Å². The first kappa shape index (κ1) is 18.8. The number of nitrogens with one attached hydrogen (secondary N) is 1. The summed E-state index contributed by atoms with van der Waals surface area (Å²) in [6.07, 6.45) is 4.68.